The molecule has 0 bridgehead atoms. The molecule has 6 aromatic rings. The van der Waals surface area contributed by atoms with E-state index in [4.69, 9.17) is 9.72 Å². The van der Waals surface area contributed by atoms with Gasteiger partial charge in [-0.1, -0.05) is 13.3 Å². The number of aryl methyl sites for hydroxylation is 3. The Morgan fingerprint density at radius 2 is 1.75 bits per heavy atom. The third-order valence-corrected chi connectivity index (χ3v) is 13.7. The number of nitrogens with two attached hydrogens (primary N) is 1. The van der Waals surface area contributed by atoms with E-state index in [0.717, 1.165) is 94.9 Å². The number of ether oxygens (including phenoxy) is 1. The SMILES string of the molecule is CCCc1cc(C)[nH]c(=O)c1CNC(=O)c1cc(-c2ccc(N3CCN(C)CC3)nc2)cc2c1ccn2CCCNC(=O)c1ccc(C(=O)O)c(C2=C3C=CC([NH2+]C)C=C3Oc3cc(N(C)C)ccc32)c1. The van der Waals surface area contributed by atoms with Gasteiger partial charge in [0.05, 0.1) is 12.6 Å². The van der Waals surface area contributed by atoms with E-state index in [0.29, 0.717) is 58.8 Å². The van der Waals surface area contributed by atoms with Crippen molar-refractivity contribution in [1.82, 2.24) is 30.1 Å². The van der Waals surface area contributed by atoms with Crippen molar-refractivity contribution in [3.63, 3.8) is 0 Å². The molecule has 2 aliphatic heterocycles. The summed E-state index contributed by atoms with van der Waals surface area (Å²) in [4.78, 5) is 68.5. The number of rotatable bonds is 16. The van der Waals surface area contributed by atoms with Gasteiger partial charge in [0.25, 0.3) is 17.4 Å². The van der Waals surface area contributed by atoms with E-state index in [1.165, 1.54) is 6.07 Å². The highest BCUT2D eigenvalue weighted by Gasteiger charge is 2.31. The Morgan fingerprint density at radius 1 is 0.930 bits per heavy atom. The Balaban J connectivity index is 0.971. The number of quaternary nitrogens is 1. The van der Waals surface area contributed by atoms with Crippen molar-refractivity contribution < 1.29 is 29.5 Å². The standard InChI is InChI=1S/C56H61N9O6/c1-7-9-35-26-34(2)61-55(68)47(35)33-60-54(67)46-28-38(37-11-17-51(59-32-37)65-24-22-63(6)23-25-65)29-48-41(46)18-21-64(48)20-8-19-58-53(66)36-10-14-42(56(69)70)45(27-36)52-43-15-12-39(57-3)30-49(43)71-50-31-40(62(4)5)13-16-44(50)52/h10-18,21,26-32,39,57H,7-9,19-20,22-25,33H2,1-6H3,(H,58,66)(H,60,67)(H,61,68)(H,69,70)/p+1. The molecule has 0 spiro atoms. The largest absolute Gasteiger partial charge is 0.478 e. The van der Waals surface area contributed by atoms with Crippen LogP contribution in [0.25, 0.3) is 27.6 Å². The lowest BCUT2D eigenvalue weighted by Crippen LogP contribution is -2.85. The van der Waals surface area contributed by atoms with Crippen molar-refractivity contribution >= 4 is 45.8 Å². The highest BCUT2D eigenvalue weighted by Crippen LogP contribution is 2.45. The lowest BCUT2D eigenvalue weighted by Gasteiger charge is -2.33. The van der Waals surface area contributed by atoms with E-state index in [1.54, 1.807) is 12.1 Å². The minimum absolute atomic E-state index is 0.0428. The lowest BCUT2D eigenvalue weighted by molar-refractivity contribution is -0.642. The minimum Gasteiger partial charge on any atom is -0.478 e. The van der Waals surface area contributed by atoms with Crippen molar-refractivity contribution in [2.75, 3.05) is 70.7 Å². The number of aromatic nitrogens is 3. The number of fused-ring (bicyclic) bond motifs is 3. The zero-order chi connectivity index (χ0) is 49.9. The van der Waals surface area contributed by atoms with Crippen LogP contribution in [0.3, 0.4) is 0 Å². The van der Waals surface area contributed by atoms with E-state index in [2.05, 4.69) is 55.3 Å². The van der Waals surface area contributed by atoms with E-state index in [-0.39, 0.29) is 35.5 Å². The van der Waals surface area contributed by atoms with Crippen LogP contribution < -0.4 is 36.0 Å². The molecule has 1 atom stereocenters. The van der Waals surface area contributed by atoms with E-state index in [9.17, 15) is 24.3 Å². The number of carbonyl (C=O) groups excluding carboxylic acids is 2. The predicted molar refractivity (Wildman–Crippen MR) is 278 cm³/mol. The minimum atomic E-state index is -1.10. The number of H-pyrrole nitrogens is 1. The van der Waals surface area contributed by atoms with Crippen LogP contribution in [0.2, 0.25) is 0 Å². The van der Waals surface area contributed by atoms with E-state index < -0.39 is 5.97 Å². The molecule has 1 aliphatic carbocycles. The number of carbonyl (C=O) groups is 3. The number of hydrogen-bond donors (Lipinski definition) is 5. The Morgan fingerprint density at radius 3 is 2.48 bits per heavy atom. The van der Waals surface area contributed by atoms with Gasteiger partial charge in [-0.2, -0.15) is 0 Å². The highest BCUT2D eigenvalue weighted by atomic mass is 16.5. The third-order valence-electron chi connectivity index (χ3n) is 13.7. The van der Waals surface area contributed by atoms with Gasteiger partial charge in [0.1, 0.15) is 23.4 Å². The number of carboxylic acid groups (broad SMARTS) is 1. The monoisotopic (exact) mass is 956 g/mol. The van der Waals surface area contributed by atoms with Crippen LogP contribution in [0, 0.1) is 6.92 Å². The number of allylic oxidation sites excluding steroid dienone is 1. The second-order valence-electron chi connectivity index (χ2n) is 18.8. The van der Waals surface area contributed by atoms with Crippen LogP contribution in [-0.4, -0.2) is 109 Å². The van der Waals surface area contributed by atoms with Crippen LogP contribution in [0.5, 0.6) is 5.75 Å². The zero-order valence-electron chi connectivity index (χ0n) is 41.3. The molecule has 0 saturated carbocycles. The van der Waals surface area contributed by atoms with Gasteiger partial charge in [0.2, 0.25) is 0 Å². The number of likely N-dealkylation sites (N-methyl/N-ethyl adjacent to an activating group) is 2. The summed E-state index contributed by atoms with van der Waals surface area (Å²) in [5.74, 6) is 0.411. The topological polar surface area (TPSA) is 182 Å². The average molecular weight is 957 g/mol. The van der Waals surface area contributed by atoms with Gasteiger partial charge in [-0.25, -0.2) is 9.78 Å². The Hall–Kier alpha value is -7.75. The van der Waals surface area contributed by atoms with Crippen molar-refractivity contribution in [2.24, 2.45) is 0 Å². The molecule has 3 aromatic carbocycles. The number of hydrogen-bond acceptors (Lipinski definition) is 9. The van der Waals surface area contributed by atoms with Crippen LogP contribution >= 0.6 is 0 Å². The van der Waals surface area contributed by atoms with Crippen molar-refractivity contribution in [2.45, 2.75) is 52.2 Å². The third kappa shape index (κ3) is 10.1. The molecule has 15 heteroatoms. The maximum atomic E-state index is 14.2. The summed E-state index contributed by atoms with van der Waals surface area (Å²) >= 11 is 0. The summed E-state index contributed by atoms with van der Waals surface area (Å²) < 4.78 is 8.55. The fourth-order valence-electron chi connectivity index (χ4n) is 9.74. The number of amides is 2. The number of carboxylic acids is 1. The molecule has 1 unspecified atom stereocenters. The van der Waals surface area contributed by atoms with E-state index >= 15 is 0 Å². The number of aromatic carboxylic acids is 1. The summed E-state index contributed by atoms with van der Waals surface area (Å²) in [6.07, 6.45) is 12.0. The second-order valence-corrected chi connectivity index (χ2v) is 18.8. The number of benzene rings is 3. The van der Waals surface area contributed by atoms with Crippen LogP contribution in [0.1, 0.15) is 78.8 Å². The molecule has 3 aromatic heterocycles. The molecule has 9 rings (SSSR count). The lowest BCUT2D eigenvalue weighted by atomic mass is 9.84. The maximum absolute atomic E-state index is 14.2. The van der Waals surface area contributed by atoms with Gasteiger partial charge >= 0.3 is 5.97 Å². The zero-order valence-corrected chi connectivity index (χ0v) is 41.3. The van der Waals surface area contributed by atoms with Crippen molar-refractivity contribution in [1.29, 1.82) is 0 Å². The number of nitrogens with zero attached hydrogens (tertiary/aromatic N) is 5. The first kappa shape index (κ1) is 48.3. The second kappa shape index (κ2) is 20.7. The molecule has 3 aliphatic rings. The summed E-state index contributed by atoms with van der Waals surface area (Å²) in [6.45, 7) is 8.59. The number of aromatic amines is 1. The van der Waals surface area contributed by atoms with Crippen molar-refractivity contribution in [3.8, 4) is 16.9 Å². The molecule has 71 heavy (non-hydrogen) atoms. The first-order valence-corrected chi connectivity index (χ1v) is 24.4. The van der Waals surface area contributed by atoms with Gasteiger partial charge < -0.3 is 50.0 Å². The summed E-state index contributed by atoms with van der Waals surface area (Å²) in [6, 6.07) is 22.6. The first-order chi connectivity index (χ1) is 34.3. The smallest absolute Gasteiger partial charge is 0.336 e. The quantitative estimate of drug-likeness (QED) is 0.0709. The molecule has 5 heterocycles. The molecule has 2 amide bonds. The van der Waals surface area contributed by atoms with Gasteiger partial charge in [-0.05, 0) is 122 Å². The van der Waals surface area contributed by atoms with Gasteiger partial charge in [0.15, 0.2) is 0 Å². The number of anilines is 2. The number of pyridine rings is 2. The maximum Gasteiger partial charge on any atom is 0.336 e. The Kier molecular flexibility index (Phi) is 14.1. The van der Waals surface area contributed by atoms with Gasteiger partial charge in [-0.3, -0.25) is 14.4 Å². The fourth-order valence-corrected chi connectivity index (χ4v) is 9.74. The van der Waals surface area contributed by atoms with E-state index in [1.807, 2.05) is 112 Å². The summed E-state index contributed by atoms with van der Waals surface area (Å²) in [7, 11) is 8.01. The molecule has 6 N–H and O–H groups in total. The number of piperazine rings is 1. The average Bonchev–Trinajstić information content (AvgIpc) is 3.78. The van der Waals surface area contributed by atoms with Crippen LogP contribution in [-0.2, 0) is 19.5 Å². The molecule has 366 valence electrons. The highest BCUT2D eigenvalue weighted by molar-refractivity contribution is 6.08. The molecule has 0 radical (unpaired) electrons. The Bertz CT molecular complexity index is 3190. The van der Waals surface area contributed by atoms with Crippen molar-refractivity contribution in [3.05, 3.63) is 170 Å². The molecule has 1 saturated heterocycles. The predicted octanol–water partition coefficient (Wildman–Crippen LogP) is 6.13. The molecule has 15 nitrogen and oxygen atoms in total. The van der Waals surface area contributed by atoms with Crippen LogP contribution in [0.4, 0.5) is 11.5 Å². The first-order valence-electron chi connectivity index (χ1n) is 24.4. The normalized spacial score (nSPS) is 15.5. The summed E-state index contributed by atoms with van der Waals surface area (Å²) in [5.41, 5.74) is 8.98. The summed E-state index contributed by atoms with van der Waals surface area (Å²) in [5, 5.41) is 19.4. The molecule has 1 fully saturated rings. The van der Waals surface area contributed by atoms with Gasteiger partial charge in [-0.15, -0.1) is 0 Å². The molecular formula is C56H62N9O6+. The Labute approximate surface area is 413 Å². The fraction of sp³-hybridized carbons (Fsp3) is 0.304. The van der Waals surface area contributed by atoms with Gasteiger partial charge in [0, 0.05) is 146 Å². The van der Waals surface area contributed by atoms with Crippen LogP contribution in [0.15, 0.2) is 120 Å². The molecular weight excluding hydrogens is 895 g/mol. The number of nitrogens with one attached hydrogen (secondary N) is 3.